The number of alkyl carbamates (subject to hydrolysis) is 1. The fraction of sp³-hybridized carbons (Fsp3) is 0.375. The molecule has 1 fully saturated rings. The van der Waals surface area contributed by atoms with Crippen LogP contribution in [0, 0.1) is 12.8 Å². The van der Waals surface area contributed by atoms with Crippen LogP contribution in [-0.2, 0) is 15.5 Å². The summed E-state index contributed by atoms with van der Waals surface area (Å²) >= 11 is 0. The van der Waals surface area contributed by atoms with Crippen LogP contribution in [0.5, 0.6) is 0 Å². The number of anilines is 1. The van der Waals surface area contributed by atoms with Gasteiger partial charge in [0.05, 0.1) is 24.3 Å². The molecule has 0 saturated carbocycles. The number of nitrogens with one attached hydrogen (secondary N) is 1. The van der Waals surface area contributed by atoms with Crippen molar-refractivity contribution in [3.8, 4) is 11.4 Å². The number of amides is 1. The first-order valence-corrected chi connectivity index (χ1v) is 13.0. The van der Waals surface area contributed by atoms with E-state index in [1.54, 1.807) is 24.3 Å². The Labute approximate surface area is 198 Å². The lowest BCUT2D eigenvalue weighted by molar-refractivity contribution is 0.127. The fourth-order valence-electron chi connectivity index (χ4n) is 3.88. The van der Waals surface area contributed by atoms with Gasteiger partial charge in [-0.25, -0.2) is 14.8 Å². The highest BCUT2D eigenvalue weighted by molar-refractivity contribution is 7.50. The van der Waals surface area contributed by atoms with Crippen molar-refractivity contribution in [3.63, 3.8) is 0 Å². The van der Waals surface area contributed by atoms with Crippen LogP contribution in [-0.4, -0.2) is 51.6 Å². The van der Waals surface area contributed by atoms with E-state index in [0.717, 1.165) is 22.3 Å². The van der Waals surface area contributed by atoms with E-state index >= 15 is 0 Å². The molecule has 180 valence electrons. The summed E-state index contributed by atoms with van der Waals surface area (Å²) in [5, 5.41) is 3.75. The van der Waals surface area contributed by atoms with E-state index in [-0.39, 0.29) is 18.1 Å². The Morgan fingerprint density at radius 1 is 1.21 bits per heavy atom. The van der Waals surface area contributed by atoms with Gasteiger partial charge in [0.2, 0.25) is 0 Å². The number of benzene rings is 2. The molecule has 4 rings (SSSR count). The Hall–Kier alpha value is -3.00. The van der Waals surface area contributed by atoms with E-state index in [1.807, 2.05) is 39.0 Å². The van der Waals surface area contributed by atoms with Gasteiger partial charge in [0.1, 0.15) is 5.82 Å². The lowest BCUT2D eigenvalue weighted by Gasteiger charge is -2.40. The van der Waals surface area contributed by atoms with Crippen LogP contribution in [0.25, 0.3) is 22.3 Å². The van der Waals surface area contributed by atoms with Crippen molar-refractivity contribution >= 4 is 30.4 Å². The summed E-state index contributed by atoms with van der Waals surface area (Å²) in [6.45, 7) is 7.46. The van der Waals surface area contributed by atoms with Crippen molar-refractivity contribution in [1.29, 1.82) is 0 Å². The van der Waals surface area contributed by atoms with Gasteiger partial charge >= 0.3 is 13.7 Å². The Kier molecular flexibility index (Phi) is 6.89. The number of hydrogen-bond donors (Lipinski definition) is 3. The molecule has 1 aliphatic rings. The van der Waals surface area contributed by atoms with Crippen molar-refractivity contribution in [2.45, 2.75) is 33.0 Å². The highest BCUT2D eigenvalue weighted by Crippen LogP contribution is 2.42. The highest BCUT2D eigenvalue weighted by atomic mass is 31.2. The number of rotatable bonds is 7. The van der Waals surface area contributed by atoms with Crippen LogP contribution >= 0.6 is 7.60 Å². The molecule has 1 saturated heterocycles. The number of aromatic nitrogens is 2. The van der Waals surface area contributed by atoms with E-state index in [4.69, 9.17) is 14.7 Å². The lowest BCUT2D eigenvalue weighted by Crippen LogP contribution is -2.59. The molecule has 0 aliphatic carbocycles. The van der Waals surface area contributed by atoms with Crippen molar-refractivity contribution in [3.05, 3.63) is 53.6 Å². The molecule has 0 atom stereocenters. The average molecular weight is 484 g/mol. The molecule has 34 heavy (non-hydrogen) atoms. The second kappa shape index (κ2) is 9.70. The molecule has 0 bridgehead atoms. The topological polar surface area (TPSA) is 125 Å². The van der Waals surface area contributed by atoms with Crippen molar-refractivity contribution in [2.75, 3.05) is 24.6 Å². The van der Waals surface area contributed by atoms with Crippen LogP contribution in [0.2, 0.25) is 0 Å². The predicted molar refractivity (Wildman–Crippen MR) is 131 cm³/mol. The number of fused-ring (bicyclic) bond motifs is 1. The quantitative estimate of drug-likeness (QED) is 0.432. The predicted octanol–water partition coefficient (Wildman–Crippen LogP) is 3.85. The van der Waals surface area contributed by atoms with Gasteiger partial charge in [0.15, 0.2) is 5.82 Å². The minimum atomic E-state index is -4.27. The standard InChI is InChI=1S/C24H29N4O5P/c1-15(2)13-33-24(29)25-18-11-28(12-18)23-20-9-8-16(3)10-21(20)26-22(27-23)19-7-5-4-6-17(19)14-34(30,31)32/h4-10,15,18H,11-14H2,1-3H3,(H,25,29)(H2,30,31,32). The largest absolute Gasteiger partial charge is 0.449 e. The lowest BCUT2D eigenvalue weighted by atomic mass is 10.1. The molecule has 0 unspecified atom stereocenters. The summed E-state index contributed by atoms with van der Waals surface area (Å²) in [6.07, 6.45) is -0.810. The first kappa shape index (κ1) is 24.1. The van der Waals surface area contributed by atoms with Crippen LogP contribution < -0.4 is 10.2 Å². The van der Waals surface area contributed by atoms with Crippen molar-refractivity contribution in [1.82, 2.24) is 15.3 Å². The van der Waals surface area contributed by atoms with E-state index in [2.05, 4.69) is 10.2 Å². The van der Waals surface area contributed by atoms with E-state index in [0.29, 0.717) is 36.6 Å². The Morgan fingerprint density at radius 2 is 1.94 bits per heavy atom. The Morgan fingerprint density at radius 3 is 2.65 bits per heavy atom. The molecule has 10 heteroatoms. The van der Waals surface area contributed by atoms with Gasteiger partial charge in [0.25, 0.3) is 0 Å². The normalized spacial score (nSPS) is 14.4. The molecular formula is C24H29N4O5P. The Balaban J connectivity index is 1.63. The number of carbonyl (C=O) groups is 1. The summed E-state index contributed by atoms with van der Waals surface area (Å²) in [4.78, 5) is 42.6. The van der Waals surface area contributed by atoms with Gasteiger partial charge in [0, 0.05) is 24.0 Å². The second-order valence-electron chi connectivity index (χ2n) is 9.11. The third kappa shape index (κ3) is 5.73. The summed E-state index contributed by atoms with van der Waals surface area (Å²) in [5.74, 6) is 1.40. The first-order valence-electron chi connectivity index (χ1n) is 11.2. The number of nitrogens with zero attached hydrogens (tertiary/aromatic N) is 3. The van der Waals surface area contributed by atoms with Crippen molar-refractivity contribution < 1.29 is 23.9 Å². The van der Waals surface area contributed by atoms with E-state index < -0.39 is 13.7 Å². The average Bonchev–Trinajstić information content (AvgIpc) is 2.73. The maximum absolute atomic E-state index is 12.0. The molecule has 3 aromatic rings. The van der Waals surface area contributed by atoms with Crippen LogP contribution in [0.1, 0.15) is 25.0 Å². The minimum Gasteiger partial charge on any atom is -0.449 e. The highest BCUT2D eigenvalue weighted by Gasteiger charge is 2.31. The molecule has 0 spiro atoms. The van der Waals surface area contributed by atoms with Crippen LogP contribution in [0.15, 0.2) is 42.5 Å². The van der Waals surface area contributed by atoms with Crippen LogP contribution in [0.4, 0.5) is 10.6 Å². The third-order valence-electron chi connectivity index (χ3n) is 5.52. The zero-order valence-electron chi connectivity index (χ0n) is 19.4. The number of hydrogen-bond acceptors (Lipinski definition) is 6. The summed E-state index contributed by atoms with van der Waals surface area (Å²) in [6, 6.07) is 12.9. The van der Waals surface area contributed by atoms with Crippen LogP contribution in [0.3, 0.4) is 0 Å². The number of aryl methyl sites for hydroxylation is 1. The molecule has 1 aromatic heterocycles. The van der Waals surface area contributed by atoms with Gasteiger partial charge in [-0.15, -0.1) is 0 Å². The molecule has 1 amide bonds. The SMILES string of the molecule is Cc1ccc2c(N3CC(NC(=O)OCC(C)C)C3)nc(-c3ccccc3CP(=O)(O)O)nc2c1. The minimum absolute atomic E-state index is 0.0551. The molecule has 0 radical (unpaired) electrons. The molecule has 3 N–H and O–H groups in total. The maximum atomic E-state index is 12.0. The molecule has 2 aromatic carbocycles. The van der Waals surface area contributed by atoms with Gasteiger partial charge in [-0.3, -0.25) is 4.57 Å². The zero-order valence-corrected chi connectivity index (χ0v) is 20.3. The first-order chi connectivity index (χ1) is 16.1. The zero-order chi connectivity index (χ0) is 24.5. The van der Waals surface area contributed by atoms with Gasteiger partial charge in [-0.2, -0.15) is 0 Å². The summed E-state index contributed by atoms with van der Waals surface area (Å²) < 4.78 is 16.9. The molecular weight excluding hydrogens is 455 g/mol. The van der Waals surface area contributed by atoms with Crippen molar-refractivity contribution in [2.24, 2.45) is 5.92 Å². The van der Waals surface area contributed by atoms with E-state index in [9.17, 15) is 19.1 Å². The molecule has 1 aliphatic heterocycles. The van der Waals surface area contributed by atoms with E-state index in [1.165, 1.54) is 0 Å². The Bertz CT molecular complexity index is 1250. The molecule has 2 heterocycles. The summed E-state index contributed by atoms with van der Waals surface area (Å²) in [5.41, 5.74) is 2.87. The smallest absolute Gasteiger partial charge is 0.407 e. The van der Waals surface area contributed by atoms with Gasteiger partial charge in [-0.1, -0.05) is 44.2 Å². The molecule has 9 nitrogen and oxygen atoms in total. The third-order valence-corrected chi connectivity index (χ3v) is 6.27. The number of ether oxygens (including phenoxy) is 1. The summed E-state index contributed by atoms with van der Waals surface area (Å²) in [7, 11) is -4.27. The number of carbonyl (C=O) groups excluding carboxylic acids is 1. The van der Waals surface area contributed by atoms with Gasteiger partial charge in [-0.05, 0) is 36.1 Å². The van der Waals surface area contributed by atoms with Gasteiger partial charge < -0.3 is 24.7 Å². The monoisotopic (exact) mass is 484 g/mol. The second-order valence-corrected chi connectivity index (χ2v) is 10.8. The fourth-order valence-corrected chi connectivity index (χ4v) is 4.60. The maximum Gasteiger partial charge on any atom is 0.407 e.